The van der Waals surface area contributed by atoms with Crippen molar-refractivity contribution < 1.29 is 9.53 Å². The molecule has 3 N–H and O–H groups in total. The van der Waals surface area contributed by atoms with E-state index in [0.29, 0.717) is 18.6 Å². The molecule has 2 atom stereocenters. The van der Waals surface area contributed by atoms with Gasteiger partial charge in [-0.25, -0.2) is 0 Å². The smallest absolute Gasteiger partial charge is 0.227 e. The molecule has 19 heavy (non-hydrogen) atoms. The lowest BCUT2D eigenvalue weighted by Crippen LogP contribution is -2.48. The first-order valence-electron chi connectivity index (χ1n) is 7.82. The van der Waals surface area contributed by atoms with Crippen molar-refractivity contribution in [1.82, 2.24) is 5.32 Å². The summed E-state index contributed by atoms with van der Waals surface area (Å²) in [7, 11) is 0. The minimum absolute atomic E-state index is 0.177. The normalized spacial score (nSPS) is 30.2. The van der Waals surface area contributed by atoms with Gasteiger partial charge in [0.15, 0.2) is 0 Å². The van der Waals surface area contributed by atoms with Crippen molar-refractivity contribution in [3.8, 4) is 0 Å². The number of nitrogens with two attached hydrogens (primary N) is 1. The highest BCUT2D eigenvalue weighted by molar-refractivity contribution is 5.83. The quantitative estimate of drug-likeness (QED) is 0.799. The standard InChI is InChI=1S/C15H28N2O2/c1-2-13-12(6-9-19-13)10-17-14(18)15(11-16)7-4-3-5-8-15/h12-13H,2-11,16H2,1H3,(H,17,18). The molecule has 110 valence electrons. The summed E-state index contributed by atoms with van der Waals surface area (Å²) in [6, 6.07) is 0. The molecule has 1 aliphatic carbocycles. The Morgan fingerprint density at radius 3 is 2.74 bits per heavy atom. The first kappa shape index (κ1) is 14.8. The first-order chi connectivity index (χ1) is 9.22. The van der Waals surface area contributed by atoms with Crippen LogP contribution in [-0.2, 0) is 9.53 Å². The van der Waals surface area contributed by atoms with E-state index in [1.165, 1.54) is 6.42 Å². The highest BCUT2D eigenvalue weighted by Crippen LogP contribution is 2.35. The Morgan fingerprint density at radius 1 is 1.37 bits per heavy atom. The predicted octanol–water partition coefficient (Wildman–Crippen LogP) is 1.83. The largest absolute Gasteiger partial charge is 0.378 e. The maximum absolute atomic E-state index is 12.5. The van der Waals surface area contributed by atoms with Gasteiger partial charge < -0.3 is 15.8 Å². The van der Waals surface area contributed by atoms with Gasteiger partial charge >= 0.3 is 0 Å². The second-order valence-corrected chi connectivity index (χ2v) is 6.12. The van der Waals surface area contributed by atoms with E-state index in [0.717, 1.165) is 51.7 Å². The molecular formula is C15H28N2O2. The number of carbonyl (C=O) groups excluding carboxylic acids is 1. The third kappa shape index (κ3) is 3.29. The van der Waals surface area contributed by atoms with Gasteiger partial charge in [0.25, 0.3) is 0 Å². The Labute approximate surface area is 116 Å². The van der Waals surface area contributed by atoms with Crippen molar-refractivity contribution in [1.29, 1.82) is 0 Å². The van der Waals surface area contributed by atoms with Crippen LogP contribution < -0.4 is 11.1 Å². The zero-order valence-corrected chi connectivity index (χ0v) is 12.1. The SMILES string of the molecule is CCC1OCCC1CNC(=O)C1(CN)CCCCC1. The molecule has 0 aromatic rings. The Kier molecular flexibility index (Phi) is 5.22. The second kappa shape index (κ2) is 6.71. The maximum Gasteiger partial charge on any atom is 0.227 e. The number of hydrogen-bond donors (Lipinski definition) is 2. The minimum Gasteiger partial charge on any atom is -0.378 e. The van der Waals surface area contributed by atoms with E-state index in [4.69, 9.17) is 10.5 Å². The average Bonchev–Trinajstić information content (AvgIpc) is 2.92. The van der Waals surface area contributed by atoms with Gasteiger partial charge in [-0.3, -0.25) is 4.79 Å². The van der Waals surface area contributed by atoms with Crippen LogP contribution in [0.2, 0.25) is 0 Å². The summed E-state index contributed by atoms with van der Waals surface area (Å²) in [5.41, 5.74) is 5.60. The molecule has 1 amide bonds. The van der Waals surface area contributed by atoms with Crippen LogP contribution in [0.1, 0.15) is 51.9 Å². The Bertz CT molecular complexity index is 301. The molecule has 1 saturated heterocycles. The molecule has 0 bridgehead atoms. The third-order valence-corrected chi connectivity index (χ3v) is 4.96. The second-order valence-electron chi connectivity index (χ2n) is 6.12. The molecule has 0 radical (unpaired) electrons. The number of hydrogen-bond acceptors (Lipinski definition) is 3. The van der Waals surface area contributed by atoms with Crippen LogP contribution in [0.25, 0.3) is 0 Å². The number of carbonyl (C=O) groups is 1. The molecule has 4 nitrogen and oxygen atoms in total. The van der Waals surface area contributed by atoms with Gasteiger partial charge in [0.1, 0.15) is 0 Å². The van der Waals surface area contributed by atoms with Gasteiger partial charge in [0.05, 0.1) is 11.5 Å². The average molecular weight is 268 g/mol. The highest BCUT2D eigenvalue weighted by atomic mass is 16.5. The molecular weight excluding hydrogens is 240 g/mol. The molecule has 2 aliphatic rings. The Hall–Kier alpha value is -0.610. The van der Waals surface area contributed by atoms with Crippen molar-refractivity contribution in [2.75, 3.05) is 19.7 Å². The summed E-state index contributed by atoms with van der Waals surface area (Å²) < 4.78 is 5.67. The van der Waals surface area contributed by atoms with E-state index in [1.807, 2.05) is 0 Å². The molecule has 4 heteroatoms. The fourth-order valence-corrected chi connectivity index (χ4v) is 3.54. The highest BCUT2D eigenvalue weighted by Gasteiger charge is 2.38. The lowest BCUT2D eigenvalue weighted by molar-refractivity contribution is -0.132. The van der Waals surface area contributed by atoms with Crippen LogP contribution in [0.4, 0.5) is 0 Å². The van der Waals surface area contributed by atoms with Crippen LogP contribution in [0.15, 0.2) is 0 Å². The zero-order chi connectivity index (χ0) is 13.7. The summed E-state index contributed by atoms with van der Waals surface area (Å²) >= 11 is 0. The molecule has 0 spiro atoms. The zero-order valence-electron chi connectivity index (χ0n) is 12.1. The van der Waals surface area contributed by atoms with Crippen LogP contribution in [-0.4, -0.2) is 31.7 Å². The third-order valence-electron chi connectivity index (χ3n) is 4.96. The van der Waals surface area contributed by atoms with E-state index >= 15 is 0 Å². The van der Waals surface area contributed by atoms with E-state index in [1.54, 1.807) is 0 Å². The Balaban J connectivity index is 1.85. The van der Waals surface area contributed by atoms with Gasteiger partial charge in [0, 0.05) is 25.6 Å². The summed E-state index contributed by atoms with van der Waals surface area (Å²) in [6.45, 7) is 4.21. The summed E-state index contributed by atoms with van der Waals surface area (Å²) in [4.78, 5) is 12.5. The van der Waals surface area contributed by atoms with E-state index in [9.17, 15) is 4.79 Å². The summed E-state index contributed by atoms with van der Waals surface area (Å²) in [5.74, 6) is 0.656. The lowest BCUT2D eigenvalue weighted by atomic mass is 9.73. The molecule has 1 aliphatic heterocycles. The summed E-state index contributed by atoms with van der Waals surface area (Å²) in [6.07, 6.45) is 7.83. The van der Waals surface area contributed by atoms with Gasteiger partial charge in [0.2, 0.25) is 5.91 Å². The molecule has 1 heterocycles. The van der Waals surface area contributed by atoms with Gasteiger partial charge in [-0.2, -0.15) is 0 Å². The van der Waals surface area contributed by atoms with Crippen molar-refractivity contribution in [2.45, 2.75) is 58.0 Å². The number of amides is 1. The minimum atomic E-state index is -0.292. The number of rotatable bonds is 5. The first-order valence-corrected chi connectivity index (χ1v) is 7.82. The van der Waals surface area contributed by atoms with Crippen LogP contribution in [0.3, 0.4) is 0 Å². The fraction of sp³-hybridized carbons (Fsp3) is 0.933. The van der Waals surface area contributed by atoms with Gasteiger partial charge in [-0.05, 0) is 25.7 Å². The van der Waals surface area contributed by atoms with Gasteiger partial charge in [-0.15, -0.1) is 0 Å². The lowest BCUT2D eigenvalue weighted by Gasteiger charge is -2.35. The van der Waals surface area contributed by atoms with Gasteiger partial charge in [-0.1, -0.05) is 26.2 Å². The molecule has 2 rings (SSSR count). The maximum atomic E-state index is 12.5. The monoisotopic (exact) mass is 268 g/mol. The van der Waals surface area contributed by atoms with E-state index in [-0.39, 0.29) is 11.3 Å². The van der Waals surface area contributed by atoms with Crippen LogP contribution >= 0.6 is 0 Å². The van der Waals surface area contributed by atoms with Crippen molar-refractivity contribution in [3.05, 3.63) is 0 Å². The Morgan fingerprint density at radius 2 is 2.11 bits per heavy atom. The molecule has 0 aromatic carbocycles. The molecule has 2 unspecified atom stereocenters. The topological polar surface area (TPSA) is 64.3 Å². The van der Waals surface area contributed by atoms with Crippen LogP contribution in [0.5, 0.6) is 0 Å². The van der Waals surface area contributed by atoms with E-state index in [2.05, 4.69) is 12.2 Å². The predicted molar refractivity (Wildman–Crippen MR) is 75.7 cm³/mol. The molecule has 1 saturated carbocycles. The number of nitrogens with one attached hydrogen (secondary N) is 1. The fourth-order valence-electron chi connectivity index (χ4n) is 3.54. The van der Waals surface area contributed by atoms with Crippen LogP contribution in [0, 0.1) is 11.3 Å². The number of ether oxygens (including phenoxy) is 1. The molecule has 0 aromatic heterocycles. The summed E-state index contributed by atoms with van der Waals surface area (Å²) in [5, 5.41) is 3.15. The van der Waals surface area contributed by atoms with E-state index < -0.39 is 0 Å². The van der Waals surface area contributed by atoms with Crippen molar-refractivity contribution >= 4 is 5.91 Å². The van der Waals surface area contributed by atoms with Crippen molar-refractivity contribution in [3.63, 3.8) is 0 Å². The van der Waals surface area contributed by atoms with Crippen molar-refractivity contribution in [2.24, 2.45) is 17.1 Å². The molecule has 2 fully saturated rings.